The highest BCUT2D eigenvalue weighted by Crippen LogP contribution is 2.41. The number of piperazine rings is 1. The summed E-state index contributed by atoms with van der Waals surface area (Å²) in [6.07, 6.45) is 0.867. The van der Waals surface area contributed by atoms with Crippen LogP contribution in [0.4, 0.5) is 33.6 Å². The van der Waals surface area contributed by atoms with Gasteiger partial charge >= 0.3 is 6.61 Å². The number of nitrogens with zero attached hydrogens (tertiary/aromatic N) is 4. The van der Waals surface area contributed by atoms with Gasteiger partial charge in [-0.2, -0.15) is 8.78 Å². The van der Waals surface area contributed by atoms with Crippen molar-refractivity contribution in [2.24, 2.45) is 5.92 Å². The molecule has 1 aromatic heterocycles. The lowest BCUT2D eigenvalue weighted by molar-refractivity contribution is -0.120. The third-order valence-electron chi connectivity index (χ3n) is 8.81. The Bertz CT molecular complexity index is 1580. The molecule has 0 radical (unpaired) electrons. The molecule has 9 nitrogen and oxygen atoms in total. The van der Waals surface area contributed by atoms with Gasteiger partial charge < -0.3 is 19.7 Å². The normalized spacial score (nSPS) is 22.9. The van der Waals surface area contributed by atoms with Crippen molar-refractivity contribution < 1.29 is 41.0 Å². The van der Waals surface area contributed by atoms with Crippen LogP contribution in [0, 0.1) is 23.4 Å². The second kappa shape index (κ2) is 12.1. The predicted octanol–water partition coefficient (Wildman–Crippen LogP) is 4.18. The van der Waals surface area contributed by atoms with Gasteiger partial charge in [-0.15, -0.1) is 0 Å². The van der Waals surface area contributed by atoms with Crippen LogP contribution in [-0.2, 0) is 4.79 Å². The lowest BCUT2D eigenvalue weighted by atomic mass is 9.87. The highest BCUT2D eigenvalue weighted by molar-refractivity contribution is 5.99. The van der Waals surface area contributed by atoms with E-state index in [1.165, 1.54) is 48.4 Å². The first-order valence-electron chi connectivity index (χ1n) is 14.3. The Hall–Kier alpha value is -4.46. The van der Waals surface area contributed by atoms with Crippen LogP contribution in [0.25, 0.3) is 0 Å². The molecule has 1 unspecified atom stereocenters. The number of rotatable bonds is 9. The van der Waals surface area contributed by atoms with E-state index in [-0.39, 0.29) is 59.4 Å². The number of benzene rings is 2. The molecule has 0 aliphatic carbocycles. The molecule has 45 heavy (non-hydrogen) atoms. The molecular weight excluding hydrogens is 601 g/mol. The number of hydrogen-bond acceptors (Lipinski definition) is 7. The Kier molecular flexibility index (Phi) is 8.25. The molecule has 3 aliphatic heterocycles. The molecule has 1 N–H and O–H groups in total. The summed E-state index contributed by atoms with van der Waals surface area (Å²) in [4.78, 5) is 36.7. The summed E-state index contributed by atoms with van der Waals surface area (Å²) in [5.41, 5.74) is -0.269. The summed E-state index contributed by atoms with van der Waals surface area (Å²) in [5, 5.41) is 2.61. The van der Waals surface area contributed by atoms with Crippen molar-refractivity contribution in [1.82, 2.24) is 15.2 Å². The van der Waals surface area contributed by atoms with Crippen molar-refractivity contribution in [3.63, 3.8) is 0 Å². The minimum atomic E-state index is -3.03. The first-order chi connectivity index (χ1) is 21.5. The number of ether oxygens (including phenoxy) is 2. The Balaban J connectivity index is 1.28. The summed E-state index contributed by atoms with van der Waals surface area (Å²) in [5.74, 6) is -5.76. The SMILES string of the molecule is COc1cc(F)c([C@@H]2CN(c3ccc(F)c(N4C[C@@H]5C[C@H]4CN5C)n3)C(=O)C2CNC(=O)c2ccc(OC(F)F)cc2)c(F)c1. The van der Waals surface area contributed by atoms with Crippen molar-refractivity contribution in [3.05, 3.63) is 77.1 Å². The zero-order chi connectivity index (χ0) is 32.0. The van der Waals surface area contributed by atoms with Crippen LogP contribution in [0.3, 0.4) is 0 Å². The summed E-state index contributed by atoms with van der Waals surface area (Å²) in [6.45, 7) is -2.20. The number of carbonyl (C=O) groups is 2. The third-order valence-corrected chi connectivity index (χ3v) is 8.81. The first kappa shape index (κ1) is 30.6. The number of aromatic nitrogens is 1. The summed E-state index contributed by atoms with van der Waals surface area (Å²) >= 11 is 0. The van der Waals surface area contributed by atoms with E-state index in [0.29, 0.717) is 6.54 Å². The summed E-state index contributed by atoms with van der Waals surface area (Å²) in [6, 6.07) is 9.84. The standard InChI is InChI=1S/C31H30F5N5O4/c1-39-13-18-9-17(39)14-40(18)28-23(32)7-8-26(38-28)41-15-22(27-24(33)10-20(44-2)11-25(27)34)21(30(41)43)12-37-29(42)16-3-5-19(6-4-16)45-31(35)36/h3-8,10-11,17-18,21-22,31H,9,12-15H2,1-2H3,(H,37,42)/t17-,18-,21?,22+/m0/s1. The topological polar surface area (TPSA) is 87.2 Å². The van der Waals surface area contributed by atoms with Gasteiger partial charge in [0.15, 0.2) is 11.6 Å². The van der Waals surface area contributed by atoms with Gasteiger partial charge in [-0.3, -0.25) is 19.4 Å². The van der Waals surface area contributed by atoms with Gasteiger partial charge in [-0.05, 0) is 49.9 Å². The number of anilines is 2. The van der Waals surface area contributed by atoms with Crippen LogP contribution >= 0.6 is 0 Å². The zero-order valence-corrected chi connectivity index (χ0v) is 24.4. The van der Waals surface area contributed by atoms with Gasteiger partial charge in [0.1, 0.15) is 29.0 Å². The molecule has 2 bridgehead atoms. The van der Waals surface area contributed by atoms with E-state index < -0.39 is 47.7 Å². The molecule has 3 fully saturated rings. The minimum absolute atomic E-state index is 0.0468. The molecule has 3 aliphatic rings. The fourth-order valence-electron chi connectivity index (χ4n) is 6.54. The van der Waals surface area contributed by atoms with E-state index in [1.807, 2.05) is 11.9 Å². The van der Waals surface area contributed by atoms with Crippen LogP contribution in [0.15, 0.2) is 48.5 Å². The van der Waals surface area contributed by atoms with Crippen LogP contribution in [0.1, 0.15) is 28.3 Å². The van der Waals surface area contributed by atoms with Gasteiger partial charge in [-0.1, -0.05) is 0 Å². The highest BCUT2D eigenvalue weighted by atomic mass is 19.3. The quantitative estimate of drug-likeness (QED) is 0.355. The fourth-order valence-corrected chi connectivity index (χ4v) is 6.54. The van der Waals surface area contributed by atoms with Crippen molar-refractivity contribution in [2.45, 2.75) is 31.0 Å². The average molecular weight is 632 g/mol. The molecule has 2 amide bonds. The predicted molar refractivity (Wildman–Crippen MR) is 153 cm³/mol. The minimum Gasteiger partial charge on any atom is -0.497 e. The number of halogens is 5. The van der Waals surface area contributed by atoms with E-state index in [0.717, 1.165) is 25.1 Å². The van der Waals surface area contributed by atoms with Gasteiger partial charge in [0.2, 0.25) is 5.91 Å². The monoisotopic (exact) mass is 631 g/mol. The van der Waals surface area contributed by atoms with Crippen LogP contribution in [0.5, 0.6) is 11.5 Å². The van der Waals surface area contributed by atoms with Gasteiger partial charge in [0.05, 0.1) is 13.0 Å². The maximum atomic E-state index is 15.3. The maximum absolute atomic E-state index is 15.3. The molecule has 4 heterocycles. The van der Waals surface area contributed by atoms with E-state index in [4.69, 9.17) is 4.74 Å². The number of fused-ring (bicyclic) bond motifs is 2. The molecular formula is C31H30F5N5O4. The zero-order valence-electron chi connectivity index (χ0n) is 24.4. The number of likely N-dealkylation sites (N-methyl/N-ethyl adjacent to an activating group) is 1. The summed E-state index contributed by atoms with van der Waals surface area (Å²) < 4.78 is 80.0. The largest absolute Gasteiger partial charge is 0.497 e. The third kappa shape index (κ3) is 5.86. The summed E-state index contributed by atoms with van der Waals surface area (Å²) in [7, 11) is 3.28. The van der Waals surface area contributed by atoms with Gasteiger partial charge in [-0.25, -0.2) is 18.2 Å². The molecule has 0 saturated carbocycles. The average Bonchev–Trinajstić information content (AvgIpc) is 3.68. The van der Waals surface area contributed by atoms with Crippen molar-refractivity contribution >= 4 is 23.5 Å². The number of likely N-dealkylation sites (tertiary alicyclic amines) is 1. The van der Waals surface area contributed by atoms with E-state index >= 15 is 13.2 Å². The number of nitrogens with one attached hydrogen (secondary N) is 1. The van der Waals surface area contributed by atoms with Crippen LogP contribution < -0.4 is 24.6 Å². The molecule has 238 valence electrons. The molecule has 14 heteroatoms. The van der Waals surface area contributed by atoms with Crippen LogP contribution in [-0.4, -0.2) is 80.7 Å². The molecule has 3 saturated heterocycles. The number of amides is 2. The lowest BCUT2D eigenvalue weighted by Crippen LogP contribution is -2.45. The first-order valence-corrected chi connectivity index (χ1v) is 14.3. The smallest absolute Gasteiger partial charge is 0.387 e. The number of alkyl halides is 2. The molecule has 4 atom stereocenters. The fraction of sp³-hybridized carbons (Fsp3) is 0.387. The van der Waals surface area contributed by atoms with E-state index in [1.54, 1.807) is 0 Å². The van der Waals surface area contributed by atoms with Gasteiger partial charge in [0, 0.05) is 67.4 Å². The maximum Gasteiger partial charge on any atom is 0.387 e. The Morgan fingerprint density at radius 2 is 1.69 bits per heavy atom. The molecule has 0 spiro atoms. The van der Waals surface area contributed by atoms with E-state index in [2.05, 4.69) is 19.9 Å². The molecule has 2 aromatic carbocycles. The second-order valence-electron chi connectivity index (χ2n) is 11.4. The Morgan fingerprint density at radius 3 is 2.29 bits per heavy atom. The van der Waals surface area contributed by atoms with Crippen LogP contribution in [0.2, 0.25) is 0 Å². The lowest BCUT2D eigenvalue weighted by Gasteiger charge is -2.33. The van der Waals surface area contributed by atoms with Gasteiger partial charge in [0.25, 0.3) is 5.91 Å². The number of hydrogen-bond donors (Lipinski definition) is 1. The van der Waals surface area contributed by atoms with Crippen molar-refractivity contribution in [3.8, 4) is 11.5 Å². The Morgan fingerprint density at radius 1 is 0.978 bits per heavy atom. The van der Waals surface area contributed by atoms with E-state index in [9.17, 15) is 18.4 Å². The Labute approximate surface area is 255 Å². The molecule has 6 rings (SSSR count). The molecule has 3 aromatic rings. The number of methoxy groups -OCH3 is 1. The second-order valence-corrected chi connectivity index (χ2v) is 11.4. The highest BCUT2D eigenvalue weighted by Gasteiger charge is 2.46. The van der Waals surface area contributed by atoms with Crippen molar-refractivity contribution in [1.29, 1.82) is 0 Å². The van der Waals surface area contributed by atoms with Crippen molar-refractivity contribution in [2.75, 3.05) is 50.1 Å². The number of pyridine rings is 1. The number of carbonyl (C=O) groups excluding carboxylic acids is 2.